The van der Waals surface area contributed by atoms with Gasteiger partial charge in [0.05, 0.1) is 12.1 Å². The second kappa shape index (κ2) is 10.1. The highest BCUT2D eigenvalue weighted by Gasteiger charge is 2.27. The number of hydrogen-bond donors (Lipinski definition) is 2. The molecule has 1 aliphatic heterocycles. The van der Waals surface area contributed by atoms with Gasteiger partial charge in [0.2, 0.25) is 0 Å². The standard InChI is InChI=1S/C21H27N3O6/c1-14(20(27)23-21(28)22-15-7-3-2-4-8-15)30-19(26)11-12-24-16-9-5-6-10-17(16)29-13-18(24)25/h5-6,9-10,14-15H,2-4,7-8,11-13H2,1H3,(H2,22,23,27,28). The van der Waals surface area contributed by atoms with E-state index in [2.05, 4.69) is 10.6 Å². The van der Waals surface area contributed by atoms with Crippen LogP contribution in [0.25, 0.3) is 0 Å². The summed E-state index contributed by atoms with van der Waals surface area (Å²) in [4.78, 5) is 49.8. The number of nitrogens with one attached hydrogen (secondary N) is 2. The summed E-state index contributed by atoms with van der Waals surface area (Å²) >= 11 is 0. The van der Waals surface area contributed by atoms with Crippen LogP contribution in [0.4, 0.5) is 10.5 Å². The quantitative estimate of drug-likeness (QED) is 0.684. The molecule has 1 atom stereocenters. The van der Waals surface area contributed by atoms with Gasteiger partial charge in [0, 0.05) is 12.6 Å². The third kappa shape index (κ3) is 5.71. The third-order valence-electron chi connectivity index (χ3n) is 5.20. The van der Waals surface area contributed by atoms with Crippen molar-refractivity contribution in [3.63, 3.8) is 0 Å². The van der Waals surface area contributed by atoms with Crippen LogP contribution in [0.1, 0.15) is 45.4 Å². The number of urea groups is 1. The lowest BCUT2D eigenvalue weighted by Crippen LogP contribution is -2.48. The normalized spacial score (nSPS) is 17.4. The van der Waals surface area contributed by atoms with Gasteiger partial charge in [-0.3, -0.25) is 19.7 Å². The summed E-state index contributed by atoms with van der Waals surface area (Å²) in [7, 11) is 0. The Labute approximate surface area is 175 Å². The summed E-state index contributed by atoms with van der Waals surface area (Å²) in [6.45, 7) is 1.41. The smallest absolute Gasteiger partial charge is 0.321 e. The molecule has 1 unspecified atom stereocenters. The fourth-order valence-electron chi connectivity index (χ4n) is 3.59. The Morgan fingerprint density at radius 3 is 2.70 bits per heavy atom. The lowest BCUT2D eigenvalue weighted by molar-refractivity contribution is -0.154. The largest absolute Gasteiger partial charge is 0.482 e. The van der Waals surface area contributed by atoms with Crippen molar-refractivity contribution in [3.05, 3.63) is 24.3 Å². The highest BCUT2D eigenvalue weighted by Crippen LogP contribution is 2.31. The van der Waals surface area contributed by atoms with E-state index < -0.39 is 24.0 Å². The van der Waals surface area contributed by atoms with Crippen LogP contribution in [-0.2, 0) is 19.1 Å². The molecule has 1 fully saturated rings. The van der Waals surface area contributed by atoms with Crippen LogP contribution in [-0.4, -0.2) is 49.1 Å². The average molecular weight is 417 g/mol. The molecular weight excluding hydrogens is 390 g/mol. The molecule has 0 bridgehead atoms. The molecule has 2 N–H and O–H groups in total. The van der Waals surface area contributed by atoms with Crippen LogP contribution < -0.4 is 20.3 Å². The van der Waals surface area contributed by atoms with Crippen LogP contribution in [0.3, 0.4) is 0 Å². The Kier molecular flexibility index (Phi) is 7.26. The van der Waals surface area contributed by atoms with Crippen molar-refractivity contribution in [2.24, 2.45) is 0 Å². The van der Waals surface area contributed by atoms with E-state index in [-0.39, 0.29) is 31.5 Å². The summed E-state index contributed by atoms with van der Waals surface area (Å²) < 4.78 is 10.5. The molecule has 1 aromatic carbocycles. The molecule has 0 radical (unpaired) electrons. The van der Waals surface area contributed by atoms with Gasteiger partial charge in [0.1, 0.15) is 5.75 Å². The van der Waals surface area contributed by atoms with E-state index in [9.17, 15) is 19.2 Å². The third-order valence-corrected chi connectivity index (χ3v) is 5.20. The topological polar surface area (TPSA) is 114 Å². The molecule has 1 heterocycles. The molecule has 0 spiro atoms. The highest BCUT2D eigenvalue weighted by atomic mass is 16.5. The molecule has 30 heavy (non-hydrogen) atoms. The zero-order valence-electron chi connectivity index (χ0n) is 17.0. The summed E-state index contributed by atoms with van der Waals surface area (Å²) in [6.07, 6.45) is 3.86. The minimum Gasteiger partial charge on any atom is -0.482 e. The Bertz CT molecular complexity index is 806. The molecule has 162 valence electrons. The van der Waals surface area contributed by atoms with Crippen LogP contribution in [0, 0.1) is 0 Å². The molecule has 1 saturated carbocycles. The van der Waals surface area contributed by atoms with Crippen molar-refractivity contribution in [2.45, 2.75) is 57.6 Å². The molecular formula is C21H27N3O6. The van der Waals surface area contributed by atoms with Crippen LogP contribution >= 0.6 is 0 Å². The van der Waals surface area contributed by atoms with Gasteiger partial charge in [0.15, 0.2) is 12.7 Å². The molecule has 0 aromatic heterocycles. The summed E-state index contributed by atoms with van der Waals surface area (Å²) in [5.74, 6) is -1.01. The Balaban J connectivity index is 1.43. The number of para-hydroxylation sites is 2. The van der Waals surface area contributed by atoms with Gasteiger partial charge >= 0.3 is 12.0 Å². The Morgan fingerprint density at radius 1 is 1.20 bits per heavy atom. The lowest BCUT2D eigenvalue weighted by atomic mass is 9.96. The van der Waals surface area contributed by atoms with Crippen molar-refractivity contribution in [2.75, 3.05) is 18.1 Å². The van der Waals surface area contributed by atoms with E-state index in [1.807, 2.05) is 0 Å². The number of rotatable bonds is 6. The predicted octanol–water partition coefficient (Wildman–Crippen LogP) is 1.89. The highest BCUT2D eigenvalue weighted by molar-refractivity contribution is 5.99. The number of ether oxygens (including phenoxy) is 2. The minimum absolute atomic E-state index is 0.0679. The van der Waals surface area contributed by atoms with Gasteiger partial charge in [-0.05, 0) is 31.9 Å². The van der Waals surface area contributed by atoms with E-state index in [0.717, 1.165) is 32.1 Å². The summed E-state index contributed by atoms with van der Waals surface area (Å²) in [5, 5.41) is 4.98. The monoisotopic (exact) mass is 417 g/mol. The second-order valence-corrected chi connectivity index (χ2v) is 7.48. The summed E-state index contributed by atoms with van der Waals surface area (Å²) in [5.41, 5.74) is 0.590. The van der Waals surface area contributed by atoms with Gasteiger partial charge < -0.3 is 19.7 Å². The van der Waals surface area contributed by atoms with Crippen molar-refractivity contribution in [1.82, 2.24) is 10.6 Å². The first-order chi connectivity index (χ1) is 14.4. The minimum atomic E-state index is -1.12. The number of fused-ring (bicyclic) bond motifs is 1. The first-order valence-corrected chi connectivity index (χ1v) is 10.3. The fraction of sp³-hybridized carbons (Fsp3) is 0.524. The molecule has 3 rings (SSSR count). The van der Waals surface area contributed by atoms with E-state index in [4.69, 9.17) is 9.47 Å². The van der Waals surface area contributed by atoms with Crippen molar-refractivity contribution >= 4 is 29.5 Å². The number of nitrogens with zero attached hydrogens (tertiary/aromatic N) is 1. The Morgan fingerprint density at radius 2 is 1.93 bits per heavy atom. The maximum absolute atomic E-state index is 12.1. The first-order valence-electron chi connectivity index (χ1n) is 10.3. The number of amides is 4. The maximum atomic E-state index is 12.1. The number of benzene rings is 1. The molecule has 9 heteroatoms. The zero-order valence-corrected chi connectivity index (χ0v) is 17.0. The van der Waals surface area contributed by atoms with E-state index in [1.165, 1.54) is 11.8 Å². The molecule has 2 aliphatic rings. The van der Waals surface area contributed by atoms with Crippen molar-refractivity contribution in [3.8, 4) is 5.75 Å². The van der Waals surface area contributed by atoms with Gasteiger partial charge in [-0.25, -0.2) is 4.79 Å². The first kappa shape index (κ1) is 21.6. The Hall–Kier alpha value is -3.10. The predicted molar refractivity (Wildman–Crippen MR) is 108 cm³/mol. The zero-order chi connectivity index (χ0) is 21.5. The number of esters is 1. The van der Waals surface area contributed by atoms with Gasteiger partial charge in [-0.2, -0.15) is 0 Å². The van der Waals surface area contributed by atoms with Gasteiger partial charge in [-0.1, -0.05) is 31.4 Å². The molecule has 1 aromatic rings. The maximum Gasteiger partial charge on any atom is 0.321 e. The van der Waals surface area contributed by atoms with E-state index in [1.54, 1.807) is 24.3 Å². The molecule has 4 amide bonds. The van der Waals surface area contributed by atoms with Gasteiger partial charge in [-0.15, -0.1) is 0 Å². The van der Waals surface area contributed by atoms with E-state index >= 15 is 0 Å². The molecule has 1 aliphatic carbocycles. The summed E-state index contributed by atoms with van der Waals surface area (Å²) in [6, 6.07) is 6.54. The van der Waals surface area contributed by atoms with Crippen molar-refractivity contribution < 1.29 is 28.7 Å². The molecule has 0 saturated heterocycles. The SMILES string of the molecule is CC(OC(=O)CCN1C(=O)COc2ccccc21)C(=O)NC(=O)NC1CCCCC1. The lowest BCUT2D eigenvalue weighted by Gasteiger charge is -2.29. The second-order valence-electron chi connectivity index (χ2n) is 7.48. The van der Waals surface area contributed by atoms with Crippen molar-refractivity contribution in [1.29, 1.82) is 0 Å². The number of carbonyl (C=O) groups is 4. The fourth-order valence-corrected chi connectivity index (χ4v) is 3.59. The number of imide groups is 1. The van der Waals surface area contributed by atoms with Gasteiger partial charge in [0.25, 0.3) is 11.8 Å². The van der Waals surface area contributed by atoms with Crippen LogP contribution in [0.2, 0.25) is 0 Å². The average Bonchev–Trinajstić information content (AvgIpc) is 2.73. The van der Waals surface area contributed by atoms with Crippen LogP contribution in [0.15, 0.2) is 24.3 Å². The number of hydrogen-bond acceptors (Lipinski definition) is 6. The number of carbonyl (C=O) groups excluding carboxylic acids is 4. The number of anilines is 1. The molecule has 9 nitrogen and oxygen atoms in total. The van der Waals surface area contributed by atoms with E-state index in [0.29, 0.717) is 11.4 Å². The van der Waals surface area contributed by atoms with Crippen LogP contribution in [0.5, 0.6) is 5.75 Å².